The molecule has 0 spiro atoms. The number of unbranched alkanes of at least 4 members (excludes halogenated alkanes) is 6. The van der Waals surface area contributed by atoms with Gasteiger partial charge in [0.25, 0.3) is 0 Å². The van der Waals surface area contributed by atoms with Gasteiger partial charge in [-0.1, -0.05) is 68.8 Å². The molecule has 1 aromatic rings. The number of rotatable bonds is 13. The summed E-state index contributed by atoms with van der Waals surface area (Å²) < 4.78 is 1.08. The maximum absolute atomic E-state index is 6.50. The van der Waals surface area contributed by atoms with Gasteiger partial charge in [-0.2, -0.15) is 0 Å². The quantitative estimate of drug-likeness (QED) is 0.0634. The van der Waals surface area contributed by atoms with Gasteiger partial charge in [-0.15, -0.1) is 6.42 Å². The summed E-state index contributed by atoms with van der Waals surface area (Å²) in [6.07, 6.45) is 16.0. The van der Waals surface area contributed by atoms with Gasteiger partial charge in [0.05, 0.1) is 18.1 Å². The average Bonchev–Trinajstić information content (AvgIpc) is 2.63. The van der Waals surface area contributed by atoms with E-state index in [9.17, 15) is 0 Å². The SMILES string of the molecule is C#CC(I)[N+](CCCCCC)(CCCCCC)Cc1ccc(Cl)cc1Cl. The summed E-state index contributed by atoms with van der Waals surface area (Å²) >= 11 is 15.0. The van der Waals surface area contributed by atoms with Gasteiger partial charge in [-0.3, -0.25) is 4.48 Å². The van der Waals surface area contributed by atoms with Gasteiger partial charge in [0, 0.05) is 33.2 Å². The van der Waals surface area contributed by atoms with Gasteiger partial charge in [-0.05, 0) is 43.7 Å². The molecule has 26 heavy (non-hydrogen) atoms. The number of quaternary nitrogens is 1. The standard InChI is InChI=1S/C22H33Cl2IN/c1-4-7-9-11-15-26(22(25)6-3,16-12-10-8-5-2)18-19-13-14-20(23)17-21(19)24/h3,13-14,17,22H,4-5,7-12,15-16,18H2,1-2H3/q+1. The first-order valence-electron chi connectivity index (χ1n) is 9.89. The van der Waals surface area contributed by atoms with Crippen LogP contribution in [0.3, 0.4) is 0 Å². The normalized spacial score (nSPS) is 12.8. The molecule has 0 bridgehead atoms. The molecule has 0 aliphatic heterocycles. The predicted octanol–water partition coefficient (Wildman–Crippen LogP) is 7.87. The van der Waals surface area contributed by atoms with Crippen molar-refractivity contribution in [3.63, 3.8) is 0 Å². The van der Waals surface area contributed by atoms with Crippen molar-refractivity contribution in [2.75, 3.05) is 13.1 Å². The van der Waals surface area contributed by atoms with Crippen LogP contribution in [0.2, 0.25) is 10.0 Å². The van der Waals surface area contributed by atoms with Crippen LogP contribution < -0.4 is 0 Å². The minimum Gasteiger partial charge on any atom is -0.299 e. The van der Waals surface area contributed by atoms with E-state index < -0.39 is 0 Å². The molecule has 0 saturated carbocycles. The molecule has 1 rings (SSSR count). The second-order valence-corrected chi connectivity index (χ2v) is 9.21. The van der Waals surface area contributed by atoms with E-state index in [0.29, 0.717) is 5.02 Å². The summed E-state index contributed by atoms with van der Waals surface area (Å²) in [5.74, 6) is 3.03. The Kier molecular flexibility index (Phi) is 12.3. The molecule has 0 heterocycles. The highest BCUT2D eigenvalue weighted by Gasteiger charge is 2.34. The van der Waals surface area contributed by atoms with Crippen molar-refractivity contribution < 1.29 is 4.48 Å². The van der Waals surface area contributed by atoms with Gasteiger partial charge in [0.2, 0.25) is 4.05 Å². The number of nitrogens with zero attached hydrogens (tertiary/aromatic N) is 1. The molecule has 1 aromatic carbocycles. The Bertz CT molecular complexity index is 556. The molecular formula is C22H33Cl2IN+. The van der Waals surface area contributed by atoms with Crippen LogP contribution in [-0.2, 0) is 6.54 Å². The van der Waals surface area contributed by atoms with E-state index in [1.807, 2.05) is 12.1 Å². The smallest absolute Gasteiger partial charge is 0.200 e. The molecule has 1 unspecified atom stereocenters. The molecule has 0 aromatic heterocycles. The van der Waals surface area contributed by atoms with E-state index in [4.69, 9.17) is 29.6 Å². The Morgan fingerprint density at radius 3 is 2.04 bits per heavy atom. The molecule has 0 amide bonds. The zero-order valence-electron chi connectivity index (χ0n) is 16.2. The lowest BCUT2D eigenvalue weighted by molar-refractivity contribution is -0.940. The third kappa shape index (κ3) is 7.97. The van der Waals surface area contributed by atoms with Crippen LogP contribution in [0.4, 0.5) is 0 Å². The Labute approximate surface area is 184 Å². The van der Waals surface area contributed by atoms with Gasteiger partial charge in [0.15, 0.2) is 0 Å². The summed E-state index contributed by atoms with van der Waals surface area (Å²) in [7, 11) is 0. The van der Waals surface area contributed by atoms with Crippen molar-refractivity contribution in [3.8, 4) is 12.3 Å². The fraction of sp³-hybridized carbons (Fsp3) is 0.636. The second-order valence-electron chi connectivity index (χ2n) is 7.18. The van der Waals surface area contributed by atoms with Gasteiger partial charge < -0.3 is 0 Å². The molecule has 1 atom stereocenters. The highest BCUT2D eigenvalue weighted by molar-refractivity contribution is 14.1. The fourth-order valence-corrected chi connectivity index (χ4v) is 4.65. The van der Waals surface area contributed by atoms with Crippen molar-refractivity contribution in [2.24, 2.45) is 0 Å². The van der Waals surface area contributed by atoms with Crippen LogP contribution in [0.5, 0.6) is 0 Å². The number of benzene rings is 1. The molecule has 0 fully saturated rings. The highest BCUT2D eigenvalue weighted by atomic mass is 127. The Balaban J connectivity index is 3.02. The van der Waals surface area contributed by atoms with Gasteiger partial charge in [-0.25, -0.2) is 0 Å². The number of alkyl halides is 1. The number of hydrogen-bond acceptors (Lipinski definition) is 0. The van der Waals surface area contributed by atoms with Crippen LogP contribution in [0.15, 0.2) is 18.2 Å². The van der Waals surface area contributed by atoms with Crippen molar-refractivity contribution in [1.82, 2.24) is 0 Å². The monoisotopic (exact) mass is 508 g/mol. The van der Waals surface area contributed by atoms with Crippen LogP contribution >= 0.6 is 45.8 Å². The fourth-order valence-electron chi connectivity index (χ4n) is 3.43. The van der Waals surface area contributed by atoms with Crippen molar-refractivity contribution >= 4 is 45.8 Å². The predicted molar refractivity (Wildman–Crippen MR) is 125 cm³/mol. The summed E-state index contributed by atoms with van der Waals surface area (Å²) in [6, 6.07) is 5.85. The molecule has 146 valence electrons. The summed E-state index contributed by atoms with van der Waals surface area (Å²) in [4.78, 5) is 0. The highest BCUT2D eigenvalue weighted by Crippen LogP contribution is 2.30. The largest absolute Gasteiger partial charge is 0.299 e. The molecule has 4 heteroatoms. The minimum atomic E-state index is 0.155. The first-order chi connectivity index (χ1) is 12.5. The maximum Gasteiger partial charge on any atom is 0.200 e. The number of terminal acetylenes is 1. The molecular weight excluding hydrogens is 476 g/mol. The van der Waals surface area contributed by atoms with E-state index in [1.165, 1.54) is 51.4 Å². The molecule has 0 radical (unpaired) electrons. The van der Waals surface area contributed by atoms with Crippen LogP contribution in [0.25, 0.3) is 0 Å². The first-order valence-corrected chi connectivity index (χ1v) is 11.9. The molecule has 0 aliphatic carbocycles. The van der Waals surface area contributed by atoms with E-state index in [1.54, 1.807) is 0 Å². The number of halogens is 3. The minimum absolute atomic E-state index is 0.155. The lowest BCUT2D eigenvalue weighted by atomic mass is 10.1. The first kappa shape index (κ1) is 24.1. The Morgan fingerprint density at radius 2 is 1.58 bits per heavy atom. The van der Waals surface area contributed by atoms with Gasteiger partial charge >= 0.3 is 0 Å². The summed E-state index contributed by atoms with van der Waals surface area (Å²) in [5, 5.41) is 1.44. The van der Waals surface area contributed by atoms with Crippen LogP contribution in [-0.4, -0.2) is 21.6 Å². The van der Waals surface area contributed by atoms with Crippen LogP contribution in [0, 0.1) is 12.3 Å². The number of hydrogen-bond donors (Lipinski definition) is 0. The summed E-state index contributed by atoms with van der Waals surface area (Å²) in [6.45, 7) is 7.61. The van der Waals surface area contributed by atoms with E-state index >= 15 is 0 Å². The van der Waals surface area contributed by atoms with E-state index in [0.717, 1.165) is 34.7 Å². The van der Waals surface area contributed by atoms with Gasteiger partial charge in [0.1, 0.15) is 6.54 Å². The van der Waals surface area contributed by atoms with E-state index in [-0.39, 0.29) is 4.05 Å². The van der Waals surface area contributed by atoms with Crippen molar-refractivity contribution in [3.05, 3.63) is 33.8 Å². The zero-order valence-corrected chi connectivity index (χ0v) is 19.9. The maximum atomic E-state index is 6.50. The zero-order chi connectivity index (χ0) is 19.4. The van der Waals surface area contributed by atoms with Crippen molar-refractivity contribution in [1.29, 1.82) is 0 Å². The van der Waals surface area contributed by atoms with Crippen molar-refractivity contribution in [2.45, 2.75) is 75.8 Å². The molecule has 0 N–H and O–H groups in total. The Morgan fingerprint density at radius 1 is 1.00 bits per heavy atom. The third-order valence-corrected chi connectivity index (χ3v) is 7.16. The lowest BCUT2D eigenvalue weighted by Crippen LogP contribution is -2.53. The third-order valence-electron chi connectivity index (χ3n) is 5.03. The Hall–Kier alpha value is 0.0500. The van der Waals surface area contributed by atoms with E-state index in [2.05, 4.69) is 48.4 Å². The average molecular weight is 509 g/mol. The topological polar surface area (TPSA) is 0 Å². The second kappa shape index (κ2) is 13.3. The summed E-state index contributed by atoms with van der Waals surface area (Å²) in [5.41, 5.74) is 1.15. The van der Waals surface area contributed by atoms with Crippen LogP contribution in [0.1, 0.15) is 70.8 Å². The molecule has 1 nitrogen and oxygen atoms in total. The molecule has 0 aliphatic rings. The molecule has 0 saturated heterocycles. The lowest BCUT2D eigenvalue weighted by Gasteiger charge is -2.41.